The van der Waals surface area contributed by atoms with Gasteiger partial charge in [-0.25, -0.2) is 0 Å². The summed E-state index contributed by atoms with van der Waals surface area (Å²) in [6.07, 6.45) is 52.7. The highest BCUT2D eigenvalue weighted by atomic mass is 16.7. The summed E-state index contributed by atoms with van der Waals surface area (Å²) in [6.45, 7) is 2.71. The zero-order valence-corrected chi connectivity index (χ0v) is 50.8. The first kappa shape index (κ1) is 74.5. The Balaban J connectivity index is 1.60. The predicted octanol–water partition coefficient (Wildman–Crippen LogP) is 12.3. The van der Waals surface area contributed by atoms with E-state index in [0.29, 0.717) is 12.8 Å². The lowest BCUT2D eigenvalue weighted by molar-refractivity contribution is -0.359. The van der Waals surface area contributed by atoms with Crippen molar-refractivity contribution in [1.82, 2.24) is 5.32 Å². The number of allylic oxidation sites excluding steroid dienone is 11. The molecule has 0 radical (unpaired) electrons. The quantitative estimate of drug-likeness (QED) is 0.0204. The lowest BCUT2D eigenvalue weighted by atomic mass is 9.97. The van der Waals surface area contributed by atoms with Crippen LogP contribution in [0.3, 0.4) is 0 Å². The van der Waals surface area contributed by atoms with Crippen LogP contribution in [-0.2, 0) is 23.7 Å². The molecule has 0 aromatic rings. The number of ether oxygens (including phenoxy) is 4. The van der Waals surface area contributed by atoms with Gasteiger partial charge in [-0.2, -0.15) is 0 Å². The summed E-state index contributed by atoms with van der Waals surface area (Å²) >= 11 is 0. The fourth-order valence-electron chi connectivity index (χ4n) is 10.3. The molecule has 0 bridgehead atoms. The summed E-state index contributed by atoms with van der Waals surface area (Å²) in [4.78, 5) is 13.3. The molecule has 14 nitrogen and oxygen atoms in total. The number of amides is 1. The molecule has 0 saturated carbocycles. The molecule has 81 heavy (non-hydrogen) atoms. The smallest absolute Gasteiger partial charge is 0.220 e. The normalized spacial score (nSPS) is 24.6. The second-order valence-corrected chi connectivity index (χ2v) is 22.9. The molecule has 9 N–H and O–H groups in total. The summed E-state index contributed by atoms with van der Waals surface area (Å²) in [5.41, 5.74) is 0. The maximum Gasteiger partial charge on any atom is 0.220 e. The van der Waals surface area contributed by atoms with Crippen molar-refractivity contribution in [3.8, 4) is 0 Å². The summed E-state index contributed by atoms with van der Waals surface area (Å²) in [5, 5.41) is 87.0. The Morgan fingerprint density at radius 3 is 1.33 bits per heavy atom. The number of nitrogens with one attached hydrogen (secondary N) is 1. The molecule has 12 unspecified atom stereocenters. The summed E-state index contributed by atoms with van der Waals surface area (Å²) in [5.74, 6) is -0.254. The van der Waals surface area contributed by atoms with E-state index in [0.717, 1.165) is 57.8 Å². The van der Waals surface area contributed by atoms with Gasteiger partial charge in [0.2, 0.25) is 5.91 Å². The Labute approximate surface area is 491 Å². The first-order valence-electron chi connectivity index (χ1n) is 32.7. The molecule has 2 aliphatic rings. The fraction of sp³-hybridized carbons (Fsp3) is 0.806. The number of hydrogen-bond donors (Lipinski definition) is 9. The van der Waals surface area contributed by atoms with E-state index >= 15 is 0 Å². The largest absolute Gasteiger partial charge is 0.394 e. The molecule has 2 fully saturated rings. The van der Waals surface area contributed by atoms with Crippen molar-refractivity contribution in [3.05, 3.63) is 72.9 Å². The lowest BCUT2D eigenvalue weighted by Crippen LogP contribution is -2.65. The van der Waals surface area contributed by atoms with Crippen molar-refractivity contribution in [1.29, 1.82) is 0 Å². The standard InChI is InChI=1S/C67H119NO13/c1-3-5-7-9-11-13-15-17-18-19-20-21-22-23-24-25-26-27-28-29-30-31-32-33-34-35-36-37-38-39-41-43-45-47-49-51-59(72)68-55(56(71)50-48-46-44-42-40-16-14-12-10-8-6-4-2)54-78-66-64(77)62(75)65(58(53-70)80-66)81-67-63(76)61(74)60(73)57(52-69)79-67/h10,12,15,17,19-20,22-23,40,42,48,50,55-58,60-67,69-71,73-77H,3-9,11,13-14,16,18,21,24-39,41,43-47,49,51-54H2,1-2H3,(H,68,72)/b12-10+,17-15-,20-19-,23-22-,42-40+,50-48+. The molecule has 12 atom stereocenters. The van der Waals surface area contributed by atoms with Crippen LogP contribution in [0.4, 0.5) is 0 Å². The van der Waals surface area contributed by atoms with Crippen molar-refractivity contribution >= 4 is 5.91 Å². The van der Waals surface area contributed by atoms with E-state index in [1.807, 2.05) is 6.08 Å². The van der Waals surface area contributed by atoms with E-state index in [4.69, 9.17) is 18.9 Å². The van der Waals surface area contributed by atoms with Crippen molar-refractivity contribution in [2.45, 2.75) is 325 Å². The maximum absolute atomic E-state index is 13.3. The Kier molecular flexibility index (Phi) is 47.7. The minimum atomic E-state index is -1.79. The minimum Gasteiger partial charge on any atom is -0.394 e. The molecule has 2 saturated heterocycles. The average Bonchev–Trinajstić information content (AvgIpc) is 3.48. The molecule has 2 heterocycles. The summed E-state index contributed by atoms with van der Waals surface area (Å²) < 4.78 is 22.7. The highest BCUT2D eigenvalue weighted by Gasteiger charge is 2.51. The van der Waals surface area contributed by atoms with E-state index in [1.165, 1.54) is 161 Å². The topological polar surface area (TPSA) is 228 Å². The molecule has 2 aliphatic heterocycles. The molecular formula is C67H119NO13. The second-order valence-electron chi connectivity index (χ2n) is 22.9. The Morgan fingerprint density at radius 1 is 0.444 bits per heavy atom. The SMILES string of the molecule is CCCC/C=C/CC/C=C/CC/C=C/C(O)C(COC1OC(CO)C(OC2OC(CO)C(O)C(O)C2O)C(O)C1O)NC(=O)CCCCCCCCCCCCCCCCCCCCCC/C=C\C/C=C\C/C=C\CCCCCCC. The van der Waals surface area contributed by atoms with Gasteiger partial charge >= 0.3 is 0 Å². The van der Waals surface area contributed by atoms with Crippen LogP contribution in [0.15, 0.2) is 72.9 Å². The van der Waals surface area contributed by atoms with Crippen LogP contribution in [-0.4, -0.2) is 140 Å². The van der Waals surface area contributed by atoms with Gasteiger partial charge in [-0.1, -0.05) is 241 Å². The van der Waals surface area contributed by atoms with E-state index in [-0.39, 0.29) is 18.9 Å². The number of rotatable bonds is 52. The maximum atomic E-state index is 13.3. The molecule has 2 rings (SSSR count). The van der Waals surface area contributed by atoms with Gasteiger partial charge in [-0.05, 0) is 77.0 Å². The third-order valence-electron chi connectivity index (χ3n) is 15.6. The summed E-state index contributed by atoms with van der Waals surface area (Å²) in [7, 11) is 0. The molecule has 470 valence electrons. The molecule has 14 heteroatoms. The van der Waals surface area contributed by atoms with E-state index in [9.17, 15) is 45.6 Å². The van der Waals surface area contributed by atoms with Crippen LogP contribution in [0.2, 0.25) is 0 Å². The summed E-state index contributed by atoms with van der Waals surface area (Å²) in [6, 6.07) is -0.938. The monoisotopic (exact) mass is 1150 g/mol. The van der Waals surface area contributed by atoms with Gasteiger partial charge in [0.25, 0.3) is 0 Å². The van der Waals surface area contributed by atoms with Gasteiger partial charge in [0.15, 0.2) is 12.6 Å². The van der Waals surface area contributed by atoms with E-state index < -0.39 is 86.8 Å². The second kappa shape index (κ2) is 51.8. The zero-order chi connectivity index (χ0) is 58.8. The van der Waals surface area contributed by atoms with Crippen molar-refractivity contribution in [3.63, 3.8) is 0 Å². The molecule has 0 aromatic heterocycles. The van der Waals surface area contributed by atoms with Gasteiger partial charge in [-0.3, -0.25) is 4.79 Å². The van der Waals surface area contributed by atoms with Crippen LogP contribution >= 0.6 is 0 Å². The Bertz CT molecular complexity index is 1630. The Hall–Kier alpha value is -2.57. The lowest BCUT2D eigenvalue weighted by Gasteiger charge is -2.46. The predicted molar refractivity (Wildman–Crippen MR) is 327 cm³/mol. The third kappa shape index (κ3) is 36.8. The van der Waals surface area contributed by atoms with Gasteiger partial charge in [0.05, 0.1) is 32.0 Å². The average molecular weight is 1150 g/mol. The zero-order valence-electron chi connectivity index (χ0n) is 50.8. The number of aliphatic hydroxyl groups is 8. The van der Waals surface area contributed by atoms with E-state index in [2.05, 4.69) is 79.9 Å². The number of carbonyl (C=O) groups excluding carboxylic acids is 1. The van der Waals surface area contributed by atoms with Gasteiger partial charge in [0.1, 0.15) is 48.8 Å². The molecule has 0 aliphatic carbocycles. The van der Waals surface area contributed by atoms with Crippen molar-refractivity contribution in [2.24, 2.45) is 0 Å². The minimum absolute atomic E-state index is 0.254. The molecule has 0 aromatic carbocycles. The van der Waals surface area contributed by atoms with Crippen LogP contribution < -0.4 is 5.32 Å². The number of unbranched alkanes of at least 4 members (excludes halogenated alkanes) is 29. The number of aliphatic hydroxyl groups excluding tert-OH is 8. The first-order valence-corrected chi connectivity index (χ1v) is 32.7. The fourth-order valence-corrected chi connectivity index (χ4v) is 10.3. The van der Waals surface area contributed by atoms with Crippen molar-refractivity contribution in [2.75, 3.05) is 19.8 Å². The third-order valence-corrected chi connectivity index (χ3v) is 15.6. The first-order chi connectivity index (χ1) is 39.6. The van der Waals surface area contributed by atoms with Gasteiger partial charge < -0.3 is 65.1 Å². The highest BCUT2D eigenvalue weighted by molar-refractivity contribution is 5.76. The van der Waals surface area contributed by atoms with Gasteiger partial charge in [-0.15, -0.1) is 0 Å². The number of carbonyl (C=O) groups is 1. The van der Waals surface area contributed by atoms with Crippen LogP contribution in [0.1, 0.15) is 251 Å². The number of hydrogen-bond acceptors (Lipinski definition) is 13. The molecule has 0 spiro atoms. The van der Waals surface area contributed by atoms with Crippen LogP contribution in [0.25, 0.3) is 0 Å². The van der Waals surface area contributed by atoms with Crippen molar-refractivity contribution < 1.29 is 64.6 Å². The highest BCUT2D eigenvalue weighted by Crippen LogP contribution is 2.30. The molecule has 1 amide bonds. The van der Waals surface area contributed by atoms with Crippen LogP contribution in [0.5, 0.6) is 0 Å². The van der Waals surface area contributed by atoms with E-state index in [1.54, 1.807) is 6.08 Å². The molecular weight excluding hydrogens is 1030 g/mol. The van der Waals surface area contributed by atoms with Gasteiger partial charge in [0, 0.05) is 6.42 Å². The Morgan fingerprint density at radius 2 is 0.840 bits per heavy atom. The van der Waals surface area contributed by atoms with Crippen LogP contribution in [0, 0.1) is 0 Å².